The lowest BCUT2D eigenvalue weighted by Gasteiger charge is -2.46. The van der Waals surface area contributed by atoms with Crippen LogP contribution in [0.4, 0.5) is 0 Å². The summed E-state index contributed by atoms with van der Waals surface area (Å²) in [6.07, 6.45) is 2.81. The maximum Gasteiger partial charge on any atom is 0.0350 e. The van der Waals surface area contributed by atoms with Gasteiger partial charge in [-0.05, 0) is 45.9 Å². The van der Waals surface area contributed by atoms with E-state index in [0.29, 0.717) is 0 Å². The molecule has 0 aromatic rings. The zero-order valence-electron chi connectivity index (χ0n) is 9.50. The van der Waals surface area contributed by atoms with Gasteiger partial charge in [-0.15, -0.1) is 0 Å². The molecule has 3 heteroatoms. The molecule has 0 aliphatic carbocycles. The predicted molar refractivity (Wildman–Crippen MR) is 59.5 cm³/mol. The van der Waals surface area contributed by atoms with Crippen LogP contribution in [0.1, 0.15) is 12.8 Å². The molecular weight excluding hydrogens is 174 g/mol. The first-order chi connectivity index (χ1) is 6.79. The highest BCUT2D eigenvalue weighted by atomic mass is 15.3. The first-order valence-electron chi connectivity index (χ1n) is 5.87. The van der Waals surface area contributed by atoms with E-state index < -0.39 is 0 Å². The largest absolute Gasteiger partial charge is 0.319 e. The van der Waals surface area contributed by atoms with E-state index in [1.807, 2.05) is 0 Å². The summed E-state index contributed by atoms with van der Waals surface area (Å²) in [5.41, 5.74) is 0. The van der Waals surface area contributed by atoms with Gasteiger partial charge in [0, 0.05) is 25.7 Å². The lowest BCUT2D eigenvalue weighted by Crippen LogP contribution is -2.60. The third kappa shape index (κ3) is 2.27. The van der Waals surface area contributed by atoms with Crippen molar-refractivity contribution < 1.29 is 0 Å². The molecule has 2 aliphatic rings. The molecule has 14 heavy (non-hydrogen) atoms. The van der Waals surface area contributed by atoms with Crippen molar-refractivity contribution in [1.82, 2.24) is 15.1 Å². The van der Waals surface area contributed by atoms with Gasteiger partial charge in [-0.2, -0.15) is 0 Å². The SMILES string of the molecule is CNCC1CCCN(C2CN(C)C2)C1. The average molecular weight is 197 g/mol. The lowest BCUT2D eigenvalue weighted by atomic mass is 9.95. The fraction of sp³-hybridized carbons (Fsp3) is 1.00. The van der Waals surface area contributed by atoms with E-state index in [1.165, 1.54) is 45.6 Å². The smallest absolute Gasteiger partial charge is 0.0350 e. The molecule has 0 bridgehead atoms. The molecule has 1 atom stereocenters. The topological polar surface area (TPSA) is 18.5 Å². The fourth-order valence-electron chi connectivity index (χ4n) is 2.78. The molecule has 0 aromatic carbocycles. The molecule has 0 aromatic heterocycles. The van der Waals surface area contributed by atoms with Crippen LogP contribution >= 0.6 is 0 Å². The predicted octanol–water partition coefficient (Wildman–Crippen LogP) is 0.232. The third-order valence-corrected chi connectivity index (χ3v) is 3.60. The second-order valence-electron chi connectivity index (χ2n) is 4.94. The summed E-state index contributed by atoms with van der Waals surface area (Å²) < 4.78 is 0. The van der Waals surface area contributed by atoms with Gasteiger partial charge < -0.3 is 10.2 Å². The molecule has 2 aliphatic heterocycles. The first kappa shape index (κ1) is 10.4. The highest BCUT2D eigenvalue weighted by Gasteiger charge is 2.31. The third-order valence-electron chi connectivity index (χ3n) is 3.60. The van der Waals surface area contributed by atoms with Crippen LogP contribution in [-0.4, -0.2) is 62.7 Å². The van der Waals surface area contributed by atoms with Gasteiger partial charge in [-0.1, -0.05) is 0 Å². The van der Waals surface area contributed by atoms with E-state index in [9.17, 15) is 0 Å². The summed E-state index contributed by atoms with van der Waals surface area (Å²) in [6, 6.07) is 0.861. The summed E-state index contributed by atoms with van der Waals surface area (Å²) in [5, 5.41) is 3.30. The van der Waals surface area contributed by atoms with Crippen molar-refractivity contribution >= 4 is 0 Å². The molecule has 1 N–H and O–H groups in total. The van der Waals surface area contributed by atoms with E-state index in [-0.39, 0.29) is 0 Å². The van der Waals surface area contributed by atoms with Crippen LogP contribution in [0.3, 0.4) is 0 Å². The Morgan fingerprint density at radius 2 is 2.07 bits per heavy atom. The molecular formula is C11H23N3. The maximum atomic E-state index is 3.30. The number of nitrogens with one attached hydrogen (secondary N) is 1. The highest BCUT2D eigenvalue weighted by Crippen LogP contribution is 2.21. The molecule has 0 spiro atoms. The van der Waals surface area contributed by atoms with Crippen molar-refractivity contribution in [3.8, 4) is 0 Å². The molecule has 3 nitrogen and oxygen atoms in total. The minimum absolute atomic E-state index is 0.861. The Morgan fingerprint density at radius 3 is 2.71 bits per heavy atom. The van der Waals surface area contributed by atoms with Crippen LogP contribution in [-0.2, 0) is 0 Å². The molecule has 0 amide bonds. The Bertz CT molecular complexity index is 173. The Kier molecular flexibility index (Phi) is 3.42. The Morgan fingerprint density at radius 1 is 1.29 bits per heavy atom. The van der Waals surface area contributed by atoms with Crippen molar-refractivity contribution in [3.05, 3.63) is 0 Å². The van der Waals surface area contributed by atoms with Crippen molar-refractivity contribution in [2.24, 2.45) is 5.92 Å². The monoisotopic (exact) mass is 197 g/mol. The molecule has 2 saturated heterocycles. The Hall–Kier alpha value is -0.120. The fourth-order valence-corrected chi connectivity index (χ4v) is 2.78. The summed E-state index contributed by atoms with van der Waals surface area (Å²) in [7, 11) is 4.28. The van der Waals surface area contributed by atoms with E-state index in [2.05, 4.69) is 29.2 Å². The number of hydrogen-bond donors (Lipinski definition) is 1. The maximum absolute atomic E-state index is 3.30. The van der Waals surface area contributed by atoms with Crippen LogP contribution in [0.5, 0.6) is 0 Å². The number of nitrogens with zero attached hydrogens (tertiary/aromatic N) is 2. The molecule has 2 rings (SSSR count). The minimum atomic E-state index is 0.861. The number of piperidine rings is 1. The van der Waals surface area contributed by atoms with Crippen LogP contribution < -0.4 is 5.32 Å². The molecule has 0 radical (unpaired) electrons. The lowest BCUT2D eigenvalue weighted by molar-refractivity contribution is 0.0246. The number of likely N-dealkylation sites (N-methyl/N-ethyl adjacent to an activating group) is 1. The normalized spacial score (nSPS) is 31.7. The molecule has 2 heterocycles. The standard InChI is InChI=1S/C11H23N3/c1-12-6-10-4-3-5-14(7-10)11-8-13(2)9-11/h10-12H,3-9H2,1-2H3. The van der Waals surface area contributed by atoms with E-state index in [0.717, 1.165) is 12.0 Å². The van der Waals surface area contributed by atoms with Gasteiger partial charge in [0.25, 0.3) is 0 Å². The van der Waals surface area contributed by atoms with Crippen molar-refractivity contribution in [2.45, 2.75) is 18.9 Å². The van der Waals surface area contributed by atoms with E-state index >= 15 is 0 Å². The molecule has 0 saturated carbocycles. The van der Waals surface area contributed by atoms with Gasteiger partial charge in [-0.3, -0.25) is 4.90 Å². The molecule has 2 fully saturated rings. The number of hydrogen-bond acceptors (Lipinski definition) is 3. The molecule has 1 unspecified atom stereocenters. The van der Waals surface area contributed by atoms with Crippen LogP contribution in [0.15, 0.2) is 0 Å². The van der Waals surface area contributed by atoms with E-state index in [4.69, 9.17) is 0 Å². The Labute approximate surface area is 87.4 Å². The summed E-state index contributed by atoms with van der Waals surface area (Å²) in [5.74, 6) is 0.889. The summed E-state index contributed by atoms with van der Waals surface area (Å²) >= 11 is 0. The van der Waals surface area contributed by atoms with Crippen LogP contribution in [0.2, 0.25) is 0 Å². The number of rotatable bonds is 3. The zero-order valence-corrected chi connectivity index (χ0v) is 9.50. The van der Waals surface area contributed by atoms with Gasteiger partial charge in [-0.25, -0.2) is 0 Å². The van der Waals surface area contributed by atoms with Crippen LogP contribution in [0, 0.1) is 5.92 Å². The average Bonchev–Trinajstić information content (AvgIpc) is 2.14. The number of likely N-dealkylation sites (tertiary alicyclic amines) is 2. The van der Waals surface area contributed by atoms with Crippen LogP contribution in [0.25, 0.3) is 0 Å². The zero-order chi connectivity index (χ0) is 9.97. The quantitative estimate of drug-likeness (QED) is 0.699. The van der Waals surface area contributed by atoms with Crippen molar-refractivity contribution in [1.29, 1.82) is 0 Å². The van der Waals surface area contributed by atoms with Gasteiger partial charge >= 0.3 is 0 Å². The highest BCUT2D eigenvalue weighted by molar-refractivity contribution is 4.89. The first-order valence-corrected chi connectivity index (χ1v) is 5.87. The summed E-state index contributed by atoms with van der Waals surface area (Å²) in [6.45, 7) is 6.41. The van der Waals surface area contributed by atoms with E-state index in [1.54, 1.807) is 0 Å². The van der Waals surface area contributed by atoms with Crippen molar-refractivity contribution in [2.75, 3.05) is 46.8 Å². The Balaban J connectivity index is 1.76. The van der Waals surface area contributed by atoms with Gasteiger partial charge in [0.1, 0.15) is 0 Å². The second kappa shape index (κ2) is 4.60. The minimum Gasteiger partial charge on any atom is -0.319 e. The van der Waals surface area contributed by atoms with Gasteiger partial charge in [0.15, 0.2) is 0 Å². The molecule has 82 valence electrons. The second-order valence-corrected chi connectivity index (χ2v) is 4.94. The van der Waals surface area contributed by atoms with Gasteiger partial charge in [0.05, 0.1) is 0 Å². The summed E-state index contributed by atoms with van der Waals surface area (Å²) in [4.78, 5) is 5.11. The van der Waals surface area contributed by atoms with Gasteiger partial charge in [0.2, 0.25) is 0 Å². The van der Waals surface area contributed by atoms with Crippen molar-refractivity contribution in [3.63, 3.8) is 0 Å².